The van der Waals surface area contributed by atoms with E-state index in [2.05, 4.69) is 15.6 Å². The van der Waals surface area contributed by atoms with Gasteiger partial charge in [-0.1, -0.05) is 17.4 Å². The predicted molar refractivity (Wildman–Crippen MR) is 82.6 cm³/mol. The first-order valence-corrected chi connectivity index (χ1v) is 6.40. The normalized spacial score (nSPS) is 11.0. The number of anilines is 1. The monoisotopic (exact) mass is 283 g/mol. The summed E-state index contributed by atoms with van der Waals surface area (Å²) in [7, 11) is 1.65. The molecule has 0 aromatic heterocycles. The van der Waals surface area contributed by atoms with E-state index < -0.39 is 0 Å². The first-order chi connectivity index (χ1) is 10.2. The van der Waals surface area contributed by atoms with E-state index in [1.807, 2.05) is 48.5 Å². The van der Waals surface area contributed by atoms with Crippen molar-refractivity contribution in [3.8, 4) is 5.75 Å². The van der Waals surface area contributed by atoms with Gasteiger partial charge in [0.05, 0.1) is 7.11 Å². The summed E-state index contributed by atoms with van der Waals surface area (Å²) in [5.74, 6) is 1.07. The Labute approximate surface area is 123 Å². The summed E-state index contributed by atoms with van der Waals surface area (Å²) in [6.45, 7) is 0.717. The molecule has 0 saturated heterocycles. The molecule has 0 bridgehead atoms. The number of nitrogens with two attached hydrogens (primary N) is 1. The number of nitrogens with one attached hydrogen (secondary N) is 2. The fraction of sp³-hybridized carbons (Fsp3) is 0.133. The van der Waals surface area contributed by atoms with Crippen molar-refractivity contribution in [2.45, 2.75) is 6.54 Å². The van der Waals surface area contributed by atoms with Crippen LogP contribution in [0.25, 0.3) is 0 Å². The number of amidine groups is 1. The summed E-state index contributed by atoms with van der Waals surface area (Å²) in [6.07, 6.45) is 0. The van der Waals surface area contributed by atoms with Crippen LogP contribution in [0.2, 0.25) is 0 Å². The Morgan fingerprint density at radius 2 is 1.81 bits per heavy atom. The van der Waals surface area contributed by atoms with Crippen molar-refractivity contribution in [2.24, 2.45) is 16.1 Å². The molecule has 0 aliphatic carbocycles. The van der Waals surface area contributed by atoms with Gasteiger partial charge in [0.1, 0.15) is 5.75 Å². The van der Waals surface area contributed by atoms with Gasteiger partial charge in [-0.15, -0.1) is 5.10 Å². The van der Waals surface area contributed by atoms with E-state index in [1.165, 1.54) is 0 Å². The lowest BCUT2D eigenvalue weighted by atomic mass is 10.1. The average Bonchev–Trinajstić information content (AvgIpc) is 2.54. The van der Waals surface area contributed by atoms with Gasteiger partial charge in [0.15, 0.2) is 5.84 Å². The van der Waals surface area contributed by atoms with Crippen LogP contribution in [0.4, 0.5) is 5.69 Å². The van der Waals surface area contributed by atoms with Gasteiger partial charge in [-0.3, -0.25) is 0 Å². The largest absolute Gasteiger partial charge is 0.497 e. The maximum absolute atomic E-state index is 6.65. The molecule has 21 heavy (non-hydrogen) atoms. The van der Waals surface area contributed by atoms with Crippen LogP contribution in [0.15, 0.2) is 58.9 Å². The average molecular weight is 283 g/mol. The van der Waals surface area contributed by atoms with E-state index >= 15 is 0 Å². The number of ether oxygens (including phenoxy) is 1. The van der Waals surface area contributed by atoms with Crippen LogP contribution in [0, 0.1) is 5.53 Å². The zero-order chi connectivity index (χ0) is 15.1. The van der Waals surface area contributed by atoms with Crippen LogP contribution in [0.3, 0.4) is 0 Å². The molecule has 2 aromatic rings. The molecule has 0 aliphatic rings. The van der Waals surface area contributed by atoms with Crippen LogP contribution in [-0.4, -0.2) is 12.9 Å². The van der Waals surface area contributed by atoms with Crippen molar-refractivity contribution in [1.29, 1.82) is 5.53 Å². The molecule has 108 valence electrons. The number of hydrogen-bond donors (Lipinski definition) is 3. The van der Waals surface area contributed by atoms with Gasteiger partial charge in [-0.2, -0.15) is 5.53 Å². The number of benzene rings is 2. The van der Waals surface area contributed by atoms with Crippen molar-refractivity contribution in [2.75, 3.05) is 12.4 Å². The Kier molecular flexibility index (Phi) is 4.87. The SMILES string of the molecule is COc1ccc(CNc2ccc(C(N)=NN=N)cc2)cc1. The van der Waals surface area contributed by atoms with E-state index in [1.54, 1.807) is 7.11 Å². The van der Waals surface area contributed by atoms with Crippen LogP contribution < -0.4 is 15.8 Å². The standard InChI is InChI=1S/C15H17N5O/c1-21-14-8-2-11(3-9-14)10-18-13-6-4-12(5-7-13)15(16)19-20-17/h2-9,18H,10H2,1H3,(H3,16,17,19). The first kappa shape index (κ1) is 14.5. The molecule has 4 N–H and O–H groups in total. The van der Waals surface area contributed by atoms with Crippen molar-refractivity contribution in [3.63, 3.8) is 0 Å². The minimum Gasteiger partial charge on any atom is -0.497 e. The Bertz CT molecular complexity index is 620. The molecule has 0 atom stereocenters. The van der Waals surface area contributed by atoms with Gasteiger partial charge in [0.25, 0.3) is 0 Å². The molecule has 0 saturated carbocycles. The Morgan fingerprint density at radius 1 is 1.14 bits per heavy atom. The third-order valence-electron chi connectivity index (χ3n) is 2.99. The van der Waals surface area contributed by atoms with Crippen molar-refractivity contribution >= 4 is 11.5 Å². The molecule has 6 nitrogen and oxygen atoms in total. The molecule has 2 aromatic carbocycles. The van der Waals surface area contributed by atoms with Crippen LogP contribution in [-0.2, 0) is 6.54 Å². The first-order valence-electron chi connectivity index (χ1n) is 6.40. The molecule has 0 amide bonds. The Morgan fingerprint density at radius 3 is 2.38 bits per heavy atom. The van der Waals surface area contributed by atoms with E-state index in [-0.39, 0.29) is 5.84 Å². The molecule has 0 fully saturated rings. The maximum atomic E-state index is 6.65. The molecule has 0 radical (unpaired) electrons. The zero-order valence-electron chi connectivity index (χ0n) is 11.7. The van der Waals surface area contributed by atoms with Gasteiger partial charge in [-0.05, 0) is 42.0 Å². The smallest absolute Gasteiger partial charge is 0.155 e. The highest BCUT2D eigenvalue weighted by Crippen LogP contribution is 2.14. The van der Waals surface area contributed by atoms with E-state index in [4.69, 9.17) is 16.0 Å². The lowest BCUT2D eigenvalue weighted by Gasteiger charge is -2.08. The zero-order valence-corrected chi connectivity index (χ0v) is 11.7. The lowest BCUT2D eigenvalue weighted by molar-refractivity contribution is 0.414. The summed E-state index contributed by atoms with van der Waals surface area (Å²) in [5, 5.41) is 9.71. The van der Waals surface area contributed by atoms with E-state index in [0.29, 0.717) is 0 Å². The summed E-state index contributed by atoms with van der Waals surface area (Å²) in [4.78, 5) is 0. The summed E-state index contributed by atoms with van der Waals surface area (Å²) in [5.41, 5.74) is 15.2. The highest BCUT2D eigenvalue weighted by atomic mass is 16.5. The maximum Gasteiger partial charge on any atom is 0.155 e. The fourth-order valence-electron chi connectivity index (χ4n) is 1.82. The molecular weight excluding hydrogens is 266 g/mol. The molecular formula is C15H17N5O. The molecule has 2 rings (SSSR count). The lowest BCUT2D eigenvalue weighted by Crippen LogP contribution is -2.12. The molecule has 0 spiro atoms. The second-order valence-electron chi connectivity index (χ2n) is 4.36. The van der Waals surface area contributed by atoms with Crippen molar-refractivity contribution < 1.29 is 4.74 Å². The Balaban J connectivity index is 1.97. The second kappa shape index (κ2) is 7.04. The molecule has 0 aliphatic heterocycles. The highest BCUT2D eigenvalue weighted by Gasteiger charge is 1.99. The van der Waals surface area contributed by atoms with Crippen LogP contribution in [0.1, 0.15) is 11.1 Å². The minimum atomic E-state index is 0.228. The third-order valence-corrected chi connectivity index (χ3v) is 2.99. The third kappa shape index (κ3) is 4.04. The van der Waals surface area contributed by atoms with Gasteiger partial charge >= 0.3 is 0 Å². The fourth-order valence-corrected chi connectivity index (χ4v) is 1.82. The van der Waals surface area contributed by atoms with E-state index in [9.17, 15) is 0 Å². The number of rotatable bonds is 6. The molecule has 6 heteroatoms. The number of nitrogens with zero attached hydrogens (tertiary/aromatic N) is 2. The van der Waals surface area contributed by atoms with Crippen LogP contribution >= 0.6 is 0 Å². The molecule has 0 unspecified atom stereocenters. The predicted octanol–water partition coefficient (Wildman–Crippen LogP) is 2.96. The number of methoxy groups -OCH3 is 1. The number of hydrogen-bond acceptors (Lipinski definition) is 4. The van der Waals surface area contributed by atoms with Crippen molar-refractivity contribution in [3.05, 3.63) is 59.7 Å². The summed E-state index contributed by atoms with van der Waals surface area (Å²) >= 11 is 0. The second-order valence-corrected chi connectivity index (χ2v) is 4.36. The summed E-state index contributed by atoms with van der Waals surface area (Å²) in [6, 6.07) is 15.4. The summed E-state index contributed by atoms with van der Waals surface area (Å²) < 4.78 is 5.12. The molecule has 0 heterocycles. The van der Waals surface area contributed by atoms with Gasteiger partial charge in [0.2, 0.25) is 0 Å². The van der Waals surface area contributed by atoms with Crippen molar-refractivity contribution in [1.82, 2.24) is 0 Å². The minimum absolute atomic E-state index is 0.228. The van der Waals surface area contributed by atoms with Gasteiger partial charge in [-0.25, -0.2) is 0 Å². The van der Waals surface area contributed by atoms with E-state index in [0.717, 1.165) is 29.1 Å². The topological polar surface area (TPSA) is 95.8 Å². The van der Waals surface area contributed by atoms with Gasteiger partial charge < -0.3 is 15.8 Å². The quantitative estimate of drug-likeness (QED) is 0.329. The highest BCUT2D eigenvalue weighted by molar-refractivity contribution is 5.97. The van der Waals surface area contributed by atoms with Gasteiger partial charge in [0, 0.05) is 17.8 Å². The van der Waals surface area contributed by atoms with Crippen LogP contribution in [0.5, 0.6) is 5.75 Å². The Hall–Kier alpha value is -2.89.